The molecule has 0 saturated heterocycles. The number of hydrogen-bond acceptors (Lipinski definition) is 4. The fraction of sp³-hybridized carbons (Fsp3) is 0.333. The Kier molecular flexibility index (Phi) is 3.56. The summed E-state index contributed by atoms with van der Waals surface area (Å²) in [6.07, 6.45) is 1.07. The van der Waals surface area contributed by atoms with Crippen LogP contribution in [0.4, 0.5) is 10.1 Å². The van der Waals surface area contributed by atoms with Gasteiger partial charge in [-0.1, -0.05) is 0 Å². The summed E-state index contributed by atoms with van der Waals surface area (Å²) in [4.78, 5) is 9.64. The third-order valence-electron chi connectivity index (χ3n) is 1.97. The maximum atomic E-state index is 13.0. The first-order chi connectivity index (χ1) is 7.06. The van der Waals surface area contributed by atoms with Crippen LogP contribution in [0.2, 0.25) is 0 Å². The van der Waals surface area contributed by atoms with Crippen LogP contribution in [0.1, 0.15) is 12.0 Å². The minimum atomic E-state index is -0.976. The zero-order valence-corrected chi connectivity index (χ0v) is 7.94. The standard InChI is InChI=1S/C9H11FN2O3/c10-7-4-6(2-1-3-11)5-8(9(7)13)12(14)15/h4-5,13H,1-3,11H2. The van der Waals surface area contributed by atoms with Crippen molar-refractivity contribution in [1.29, 1.82) is 0 Å². The highest BCUT2D eigenvalue weighted by molar-refractivity contribution is 5.48. The zero-order chi connectivity index (χ0) is 11.4. The van der Waals surface area contributed by atoms with Gasteiger partial charge in [0.1, 0.15) is 0 Å². The van der Waals surface area contributed by atoms with Gasteiger partial charge in [0.05, 0.1) is 4.92 Å². The number of halogens is 1. The third-order valence-corrected chi connectivity index (χ3v) is 1.97. The molecule has 0 saturated carbocycles. The molecule has 5 nitrogen and oxygen atoms in total. The highest BCUT2D eigenvalue weighted by Gasteiger charge is 2.18. The molecule has 0 atom stereocenters. The summed E-state index contributed by atoms with van der Waals surface area (Å²) >= 11 is 0. The molecule has 6 heteroatoms. The number of nitro benzene ring substituents is 1. The summed E-state index contributed by atoms with van der Waals surface area (Å²) in [5, 5.41) is 19.5. The zero-order valence-electron chi connectivity index (χ0n) is 7.94. The third kappa shape index (κ3) is 2.63. The summed E-state index contributed by atoms with van der Waals surface area (Å²) in [6.45, 7) is 0.427. The normalized spacial score (nSPS) is 10.3. The molecule has 0 bridgehead atoms. The first kappa shape index (κ1) is 11.4. The number of nitro groups is 1. The molecule has 0 heterocycles. The minimum absolute atomic E-state index is 0.427. The first-order valence-electron chi connectivity index (χ1n) is 4.42. The quantitative estimate of drug-likeness (QED) is 0.584. The highest BCUT2D eigenvalue weighted by Crippen LogP contribution is 2.30. The lowest BCUT2D eigenvalue weighted by atomic mass is 10.1. The number of phenols is 1. The van der Waals surface area contributed by atoms with Crippen LogP contribution in [0.15, 0.2) is 12.1 Å². The summed E-state index contributed by atoms with van der Waals surface area (Å²) < 4.78 is 13.0. The summed E-state index contributed by atoms with van der Waals surface area (Å²) in [5.74, 6) is -1.90. The van der Waals surface area contributed by atoms with E-state index in [0.29, 0.717) is 24.9 Å². The van der Waals surface area contributed by atoms with Crippen molar-refractivity contribution in [3.8, 4) is 5.75 Å². The average molecular weight is 214 g/mol. The number of rotatable bonds is 4. The summed E-state index contributed by atoms with van der Waals surface area (Å²) in [7, 11) is 0. The predicted octanol–water partition coefficient (Wildman–Crippen LogP) is 1.33. The molecular formula is C9H11FN2O3. The van der Waals surface area contributed by atoms with Crippen LogP contribution in [0.25, 0.3) is 0 Å². The van der Waals surface area contributed by atoms with Gasteiger partial charge in [-0.25, -0.2) is 4.39 Å². The Balaban J connectivity index is 3.06. The second kappa shape index (κ2) is 4.70. The van der Waals surface area contributed by atoms with E-state index >= 15 is 0 Å². The van der Waals surface area contributed by atoms with Gasteiger partial charge in [-0.3, -0.25) is 10.1 Å². The van der Waals surface area contributed by atoms with E-state index in [-0.39, 0.29) is 0 Å². The number of aryl methyl sites for hydroxylation is 1. The Morgan fingerprint density at radius 2 is 2.20 bits per heavy atom. The fourth-order valence-electron chi connectivity index (χ4n) is 1.23. The van der Waals surface area contributed by atoms with Gasteiger partial charge >= 0.3 is 5.69 Å². The van der Waals surface area contributed by atoms with Crippen molar-refractivity contribution in [2.45, 2.75) is 12.8 Å². The SMILES string of the molecule is NCCCc1cc(F)c(O)c([N+](=O)[O-])c1. The van der Waals surface area contributed by atoms with E-state index in [2.05, 4.69) is 0 Å². The van der Waals surface area contributed by atoms with Crippen LogP contribution in [0.5, 0.6) is 5.75 Å². The minimum Gasteiger partial charge on any atom is -0.500 e. The molecule has 3 N–H and O–H groups in total. The van der Waals surface area contributed by atoms with E-state index in [9.17, 15) is 14.5 Å². The van der Waals surface area contributed by atoms with Gasteiger partial charge in [-0.2, -0.15) is 0 Å². The molecule has 0 aromatic heterocycles. The van der Waals surface area contributed by atoms with Crippen LogP contribution in [-0.4, -0.2) is 16.6 Å². The largest absolute Gasteiger partial charge is 0.500 e. The van der Waals surface area contributed by atoms with E-state index in [1.807, 2.05) is 0 Å². The van der Waals surface area contributed by atoms with Gasteiger partial charge in [0.25, 0.3) is 0 Å². The highest BCUT2D eigenvalue weighted by atomic mass is 19.1. The molecular weight excluding hydrogens is 203 g/mol. The molecule has 82 valence electrons. The lowest BCUT2D eigenvalue weighted by Crippen LogP contribution is -2.01. The van der Waals surface area contributed by atoms with Crippen LogP contribution < -0.4 is 5.73 Å². The average Bonchev–Trinajstić information content (AvgIpc) is 2.19. The number of aromatic hydroxyl groups is 1. The van der Waals surface area contributed by atoms with Crippen molar-refractivity contribution in [3.63, 3.8) is 0 Å². The Labute approximate surface area is 85.5 Å². The molecule has 1 aromatic rings. The summed E-state index contributed by atoms with van der Waals surface area (Å²) in [5.41, 5.74) is 5.12. The van der Waals surface area contributed by atoms with Crippen molar-refractivity contribution in [2.75, 3.05) is 6.54 Å². The van der Waals surface area contributed by atoms with Crippen molar-refractivity contribution in [3.05, 3.63) is 33.6 Å². The smallest absolute Gasteiger partial charge is 0.314 e. The molecule has 15 heavy (non-hydrogen) atoms. The van der Waals surface area contributed by atoms with Crippen molar-refractivity contribution >= 4 is 5.69 Å². The van der Waals surface area contributed by atoms with Crippen molar-refractivity contribution in [2.24, 2.45) is 5.73 Å². The molecule has 0 fully saturated rings. The van der Waals surface area contributed by atoms with E-state index in [1.54, 1.807) is 0 Å². The molecule has 0 spiro atoms. The monoisotopic (exact) mass is 214 g/mol. The van der Waals surface area contributed by atoms with Gasteiger partial charge in [0, 0.05) is 6.07 Å². The molecule has 1 aromatic carbocycles. The Morgan fingerprint density at radius 3 is 2.73 bits per heavy atom. The van der Waals surface area contributed by atoms with Crippen molar-refractivity contribution in [1.82, 2.24) is 0 Å². The number of phenolic OH excluding ortho intramolecular Hbond substituents is 1. The lowest BCUT2D eigenvalue weighted by molar-refractivity contribution is -0.386. The lowest BCUT2D eigenvalue weighted by Gasteiger charge is -2.02. The number of nitrogens with zero attached hydrogens (tertiary/aromatic N) is 1. The Morgan fingerprint density at radius 1 is 1.53 bits per heavy atom. The van der Waals surface area contributed by atoms with E-state index < -0.39 is 22.2 Å². The number of benzene rings is 1. The van der Waals surface area contributed by atoms with Crippen LogP contribution >= 0.6 is 0 Å². The van der Waals surface area contributed by atoms with Crippen LogP contribution in [0, 0.1) is 15.9 Å². The second-order valence-corrected chi connectivity index (χ2v) is 3.09. The molecule has 0 aliphatic carbocycles. The summed E-state index contributed by atoms with van der Waals surface area (Å²) in [6, 6.07) is 2.24. The number of nitrogens with two attached hydrogens (primary N) is 1. The predicted molar refractivity (Wildman–Crippen MR) is 52.1 cm³/mol. The van der Waals surface area contributed by atoms with Gasteiger partial charge < -0.3 is 10.8 Å². The maximum Gasteiger partial charge on any atom is 0.314 e. The second-order valence-electron chi connectivity index (χ2n) is 3.09. The first-order valence-corrected chi connectivity index (χ1v) is 4.42. The number of hydrogen-bond donors (Lipinski definition) is 2. The molecule has 0 aliphatic rings. The molecule has 0 unspecified atom stereocenters. The maximum absolute atomic E-state index is 13.0. The fourth-order valence-corrected chi connectivity index (χ4v) is 1.23. The van der Waals surface area contributed by atoms with Gasteiger partial charge in [0.2, 0.25) is 5.75 Å². The Bertz CT molecular complexity index is 382. The van der Waals surface area contributed by atoms with E-state index in [1.165, 1.54) is 0 Å². The Hall–Kier alpha value is -1.69. The van der Waals surface area contributed by atoms with E-state index in [0.717, 1.165) is 12.1 Å². The van der Waals surface area contributed by atoms with Gasteiger partial charge in [-0.15, -0.1) is 0 Å². The van der Waals surface area contributed by atoms with Gasteiger partial charge in [0.15, 0.2) is 5.82 Å². The topological polar surface area (TPSA) is 89.4 Å². The molecule has 1 rings (SSSR count). The van der Waals surface area contributed by atoms with Crippen LogP contribution in [-0.2, 0) is 6.42 Å². The van der Waals surface area contributed by atoms with Gasteiger partial charge in [-0.05, 0) is 31.0 Å². The molecule has 0 radical (unpaired) electrons. The van der Waals surface area contributed by atoms with Crippen LogP contribution in [0.3, 0.4) is 0 Å². The molecule has 0 amide bonds. The molecule has 0 aliphatic heterocycles. The van der Waals surface area contributed by atoms with Crippen molar-refractivity contribution < 1.29 is 14.4 Å². The van der Waals surface area contributed by atoms with E-state index in [4.69, 9.17) is 10.8 Å².